The minimum Gasteiger partial charge on any atom is -0.371 e. The summed E-state index contributed by atoms with van der Waals surface area (Å²) in [4.78, 5) is 14.6. The number of carbonyl (C=O) groups is 1. The Morgan fingerprint density at radius 3 is 2.92 bits per heavy atom. The van der Waals surface area contributed by atoms with Crippen LogP contribution in [0.2, 0.25) is 0 Å². The number of nitrogens with one attached hydrogen (secondary N) is 1. The zero-order valence-electron chi connectivity index (χ0n) is 13.5. The Hall–Kier alpha value is -2.68. The summed E-state index contributed by atoms with van der Waals surface area (Å²) in [5, 5.41) is 11.8. The maximum atomic E-state index is 12.4. The summed E-state index contributed by atoms with van der Waals surface area (Å²) in [5.41, 5.74) is 2.70. The number of likely N-dealkylation sites (N-methyl/N-ethyl adjacent to an activating group) is 1. The summed E-state index contributed by atoms with van der Waals surface area (Å²) in [6, 6.07) is 16.4. The van der Waals surface area contributed by atoms with E-state index in [1.165, 1.54) is 0 Å². The van der Waals surface area contributed by atoms with Crippen molar-refractivity contribution in [3.63, 3.8) is 0 Å². The van der Waals surface area contributed by atoms with Crippen LogP contribution in [0.5, 0.6) is 0 Å². The van der Waals surface area contributed by atoms with E-state index in [1.54, 1.807) is 24.3 Å². The van der Waals surface area contributed by atoms with Crippen molar-refractivity contribution in [1.82, 2.24) is 4.90 Å². The molecule has 1 aliphatic rings. The molecule has 5 heteroatoms. The van der Waals surface area contributed by atoms with E-state index in [9.17, 15) is 4.79 Å². The lowest BCUT2D eigenvalue weighted by Gasteiger charge is -2.30. The number of hydrogen-bond acceptors (Lipinski definition) is 4. The predicted octanol–water partition coefficient (Wildman–Crippen LogP) is 2.81. The van der Waals surface area contributed by atoms with Crippen LogP contribution in [0.4, 0.5) is 5.69 Å². The van der Waals surface area contributed by atoms with Crippen LogP contribution in [0, 0.1) is 11.3 Å². The molecule has 1 saturated heterocycles. The molecule has 1 unspecified atom stereocenters. The van der Waals surface area contributed by atoms with Gasteiger partial charge in [-0.1, -0.05) is 18.2 Å². The Kier molecular flexibility index (Phi) is 4.90. The zero-order chi connectivity index (χ0) is 16.9. The number of amides is 1. The van der Waals surface area contributed by atoms with Crippen molar-refractivity contribution in [3.8, 4) is 6.07 Å². The Morgan fingerprint density at radius 1 is 1.29 bits per heavy atom. The first-order valence-corrected chi connectivity index (χ1v) is 7.87. The van der Waals surface area contributed by atoms with Crippen LogP contribution in [0.25, 0.3) is 0 Å². The van der Waals surface area contributed by atoms with Gasteiger partial charge in [0.2, 0.25) is 0 Å². The number of nitriles is 1. The molecule has 0 saturated carbocycles. The summed E-state index contributed by atoms with van der Waals surface area (Å²) in [6.07, 6.45) is 0.0162. The normalized spacial score (nSPS) is 17.9. The van der Waals surface area contributed by atoms with Gasteiger partial charge in [-0.3, -0.25) is 4.79 Å². The van der Waals surface area contributed by atoms with Crippen LogP contribution >= 0.6 is 0 Å². The molecule has 2 aromatic rings. The van der Waals surface area contributed by atoms with Gasteiger partial charge in [0, 0.05) is 24.3 Å². The van der Waals surface area contributed by atoms with Crippen molar-refractivity contribution < 1.29 is 9.53 Å². The second-order valence-corrected chi connectivity index (χ2v) is 5.89. The average molecular weight is 321 g/mol. The maximum Gasteiger partial charge on any atom is 0.255 e. The van der Waals surface area contributed by atoms with E-state index < -0.39 is 0 Å². The monoisotopic (exact) mass is 321 g/mol. The van der Waals surface area contributed by atoms with Crippen LogP contribution in [-0.4, -0.2) is 37.6 Å². The van der Waals surface area contributed by atoms with Gasteiger partial charge < -0.3 is 15.0 Å². The second-order valence-electron chi connectivity index (χ2n) is 5.89. The summed E-state index contributed by atoms with van der Waals surface area (Å²) < 4.78 is 5.82. The molecule has 5 nitrogen and oxygen atoms in total. The number of hydrogen-bond donors (Lipinski definition) is 1. The quantitative estimate of drug-likeness (QED) is 0.944. The first-order chi connectivity index (χ1) is 11.7. The number of rotatable bonds is 3. The molecule has 0 radical (unpaired) electrons. The fourth-order valence-corrected chi connectivity index (χ4v) is 2.73. The van der Waals surface area contributed by atoms with Gasteiger partial charge >= 0.3 is 0 Å². The Bertz CT molecular complexity index is 782. The third-order valence-corrected chi connectivity index (χ3v) is 4.04. The number of anilines is 1. The molecule has 0 spiro atoms. The highest BCUT2D eigenvalue weighted by molar-refractivity contribution is 6.04. The number of benzene rings is 2. The Morgan fingerprint density at radius 2 is 2.12 bits per heavy atom. The lowest BCUT2D eigenvalue weighted by molar-refractivity contribution is -0.0208. The standard InChI is InChI=1S/C19H19N3O2/c1-22-8-9-24-18(13-22)15-5-3-7-17(11-15)21-19(23)16-6-2-4-14(10-16)12-20/h2-7,10-11,18H,8-9,13H2,1H3,(H,21,23). The van der Waals surface area contributed by atoms with Crippen molar-refractivity contribution in [3.05, 3.63) is 65.2 Å². The van der Waals surface area contributed by atoms with Crippen LogP contribution < -0.4 is 5.32 Å². The van der Waals surface area contributed by atoms with E-state index in [1.807, 2.05) is 30.3 Å². The van der Waals surface area contributed by atoms with Gasteiger partial charge in [0.15, 0.2) is 0 Å². The number of ether oxygens (including phenoxy) is 1. The van der Waals surface area contributed by atoms with E-state index in [0.29, 0.717) is 17.7 Å². The van der Waals surface area contributed by atoms with Crippen molar-refractivity contribution in [1.29, 1.82) is 5.26 Å². The summed E-state index contributed by atoms with van der Waals surface area (Å²) in [5.74, 6) is -0.231. The lowest BCUT2D eigenvalue weighted by Crippen LogP contribution is -2.35. The van der Waals surface area contributed by atoms with Crippen molar-refractivity contribution in [2.24, 2.45) is 0 Å². The largest absolute Gasteiger partial charge is 0.371 e. The third kappa shape index (κ3) is 3.80. The highest BCUT2D eigenvalue weighted by Gasteiger charge is 2.19. The van der Waals surface area contributed by atoms with Gasteiger partial charge in [-0.2, -0.15) is 5.26 Å². The fourth-order valence-electron chi connectivity index (χ4n) is 2.73. The van der Waals surface area contributed by atoms with Gasteiger partial charge in [0.1, 0.15) is 0 Å². The summed E-state index contributed by atoms with van der Waals surface area (Å²) >= 11 is 0. The van der Waals surface area contributed by atoms with E-state index in [2.05, 4.69) is 17.3 Å². The number of morpholine rings is 1. The van der Waals surface area contributed by atoms with Gasteiger partial charge in [-0.15, -0.1) is 0 Å². The van der Waals surface area contributed by atoms with Crippen LogP contribution in [0.1, 0.15) is 27.6 Å². The van der Waals surface area contributed by atoms with Crippen molar-refractivity contribution in [2.45, 2.75) is 6.10 Å². The molecule has 122 valence electrons. The second kappa shape index (κ2) is 7.26. The first-order valence-electron chi connectivity index (χ1n) is 7.87. The Balaban J connectivity index is 1.74. The predicted molar refractivity (Wildman–Crippen MR) is 91.7 cm³/mol. The summed E-state index contributed by atoms with van der Waals surface area (Å²) in [7, 11) is 2.07. The molecule has 1 aliphatic heterocycles. The molecule has 3 rings (SSSR count). The molecule has 1 heterocycles. The Labute approximate surface area is 141 Å². The minimum absolute atomic E-state index is 0.0162. The van der Waals surface area contributed by atoms with E-state index >= 15 is 0 Å². The molecule has 0 aliphatic carbocycles. The highest BCUT2D eigenvalue weighted by Crippen LogP contribution is 2.24. The molecule has 0 aromatic heterocycles. The summed E-state index contributed by atoms with van der Waals surface area (Å²) in [6.45, 7) is 2.47. The van der Waals surface area contributed by atoms with E-state index in [4.69, 9.17) is 10.00 Å². The molecule has 1 N–H and O–H groups in total. The molecular weight excluding hydrogens is 302 g/mol. The molecule has 1 fully saturated rings. The number of nitrogens with zero attached hydrogens (tertiary/aromatic N) is 2. The molecule has 0 bridgehead atoms. The molecule has 2 aromatic carbocycles. The molecule has 24 heavy (non-hydrogen) atoms. The molecular formula is C19H19N3O2. The van der Waals surface area contributed by atoms with Crippen LogP contribution in [-0.2, 0) is 4.74 Å². The van der Waals surface area contributed by atoms with Gasteiger partial charge in [-0.25, -0.2) is 0 Å². The topological polar surface area (TPSA) is 65.4 Å². The van der Waals surface area contributed by atoms with Crippen LogP contribution in [0.3, 0.4) is 0 Å². The van der Waals surface area contributed by atoms with Crippen molar-refractivity contribution >= 4 is 11.6 Å². The molecule has 1 amide bonds. The van der Waals surface area contributed by atoms with Crippen molar-refractivity contribution in [2.75, 3.05) is 32.1 Å². The van der Waals surface area contributed by atoms with Gasteiger partial charge in [-0.05, 0) is 42.9 Å². The lowest BCUT2D eigenvalue weighted by atomic mass is 10.1. The van der Waals surface area contributed by atoms with Gasteiger partial charge in [0.25, 0.3) is 5.91 Å². The van der Waals surface area contributed by atoms with E-state index in [-0.39, 0.29) is 12.0 Å². The average Bonchev–Trinajstić information content (AvgIpc) is 2.62. The third-order valence-electron chi connectivity index (χ3n) is 4.04. The fraction of sp³-hybridized carbons (Fsp3) is 0.263. The molecule has 1 atom stereocenters. The van der Waals surface area contributed by atoms with Gasteiger partial charge in [0.05, 0.1) is 24.3 Å². The first kappa shape index (κ1) is 16.2. The van der Waals surface area contributed by atoms with E-state index in [0.717, 1.165) is 24.3 Å². The zero-order valence-corrected chi connectivity index (χ0v) is 13.5. The number of carbonyl (C=O) groups excluding carboxylic acids is 1. The maximum absolute atomic E-state index is 12.4. The highest BCUT2D eigenvalue weighted by atomic mass is 16.5. The van der Waals surface area contributed by atoms with Crippen LogP contribution in [0.15, 0.2) is 48.5 Å². The minimum atomic E-state index is -0.231. The SMILES string of the molecule is CN1CCOC(c2cccc(NC(=O)c3cccc(C#N)c3)c2)C1. The smallest absolute Gasteiger partial charge is 0.255 e.